The molecule has 3 N–H and O–H groups in total. The summed E-state index contributed by atoms with van der Waals surface area (Å²) in [7, 11) is 1.44. The molecule has 0 saturated carbocycles. The molecule has 0 heterocycles. The van der Waals surface area contributed by atoms with Crippen LogP contribution >= 0.6 is 0 Å². The minimum atomic E-state index is -1.05. The summed E-state index contributed by atoms with van der Waals surface area (Å²) < 4.78 is 10.0. The van der Waals surface area contributed by atoms with Crippen LogP contribution in [-0.4, -0.2) is 60.3 Å². The van der Waals surface area contributed by atoms with E-state index >= 15 is 0 Å². The molecule has 0 aliphatic carbocycles. The largest absolute Gasteiger partial charge is 0.480 e. The number of hydrogen-bond acceptors (Lipinski definition) is 6. The molecule has 0 fully saturated rings. The third-order valence-electron chi connectivity index (χ3n) is 3.64. The molecule has 0 aliphatic rings. The van der Waals surface area contributed by atoms with Gasteiger partial charge in [-0.2, -0.15) is 0 Å². The van der Waals surface area contributed by atoms with E-state index in [-0.39, 0.29) is 37.0 Å². The van der Waals surface area contributed by atoms with E-state index in [0.717, 1.165) is 6.42 Å². The molecule has 0 radical (unpaired) electrons. The Hall–Kier alpha value is -2.32. The molecule has 26 heavy (non-hydrogen) atoms. The van der Waals surface area contributed by atoms with Crippen molar-refractivity contribution in [1.82, 2.24) is 10.2 Å². The maximum Gasteiger partial charge on any atom is 0.413 e. The van der Waals surface area contributed by atoms with Gasteiger partial charge in [0, 0.05) is 13.0 Å². The highest BCUT2D eigenvalue weighted by Gasteiger charge is 2.25. The number of rotatable bonds is 10. The molecule has 2 unspecified atom stereocenters. The van der Waals surface area contributed by atoms with Crippen LogP contribution in [0, 0.1) is 17.2 Å². The van der Waals surface area contributed by atoms with E-state index in [4.69, 9.17) is 14.9 Å². The third kappa shape index (κ3) is 9.24. The summed E-state index contributed by atoms with van der Waals surface area (Å²) in [5, 5.41) is 19.3. The molecule has 1 amide bonds. The van der Waals surface area contributed by atoms with Gasteiger partial charge >= 0.3 is 18.0 Å². The number of alkyl carbamates (subject to hydrolysis) is 1. The first-order chi connectivity index (χ1) is 12.1. The maximum absolute atomic E-state index is 11.8. The van der Waals surface area contributed by atoms with E-state index in [2.05, 4.69) is 5.32 Å². The van der Waals surface area contributed by atoms with Gasteiger partial charge in [-0.3, -0.25) is 15.5 Å². The average molecular weight is 373 g/mol. The van der Waals surface area contributed by atoms with Gasteiger partial charge < -0.3 is 19.5 Å². The number of nitrogens with one attached hydrogen (secondary N) is 2. The van der Waals surface area contributed by atoms with E-state index in [1.807, 2.05) is 6.92 Å². The van der Waals surface area contributed by atoms with Gasteiger partial charge in [0.15, 0.2) is 0 Å². The molecule has 150 valence electrons. The van der Waals surface area contributed by atoms with Crippen LogP contribution in [0.4, 0.5) is 4.79 Å². The predicted octanol–water partition coefficient (Wildman–Crippen LogP) is 2.06. The fraction of sp³-hybridized carbons (Fsp3) is 0.765. The number of nitrogens with zero attached hydrogens (tertiary/aromatic N) is 1. The van der Waals surface area contributed by atoms with Gasteiger partial charge in [-0.1, -0.05) is 40.5 Å². The lowest BCUT2D eigenvalue weighted by Gasteiger charge is -2.26. The number of ether oxygens (including phenoxy) is 2. The van der Waals surface area contributed by atoms with Gasteiger partial charge in [0.1, 0.15) is 6.04 Å². The van der Waals surface area contributed by atoms with Gasteiger partial charge in [-0.15, -0.1) is 0 Å². The molecule has 9 heteroatoms. The van der Waals surface area contributed by atoms with Gasteiger partial charge in [-0.05, 0) is 6.42 Å². The molecular formula is C17H31N3O6. The number of carbonyl (C=O) groups excluding carboxylic acids is 2. The SMILES string of the molecule is CCCCC(C(=O)O)N(C)C(=N)NC(=O)OCC(C)COC(=O)C(C)C. The van der Waals surface area contributed by atoms with Crippen LogP contribution in [0.15, 0.2) is 0 Å². The molecule has 0 aromatic heterocycles. The number of hydrogen-bond donors (Lipinski definition) is 3. The molecular weight excluding hydrogens is 342 g/mol. The van der Waals surface area contributed by atoms with Crippen molar-refractivity contribution in [3.05, 3.63) is 0 Å². The number of carboxylic acid groups (broad SMARTS) is 1. The Balaban J connectivity index is 4.34. The zero-order valence-corrected chi connectivity index (χ0v) is 16.2. The molecule has 0 rings (SSSR count). The minimum Gasteiger partial charge on any atom is -0.480 e. The highest BCUT2D eigenvalue weighted by atomic mass is 16.6. The van der Waals surface area contributed by atoms with Crippen molar-refractivity contribution in [1.29, 1.82) is 5.41 Å². The topological polar surface area (TPSA) is 129 Å². The Labute approximate surface area is 154 Å². The van der Waals surface area contributed by atoms with Crippen LogP contribution in [0.3, 0.4) is 0 Å². The number of carbonyl (C=O) groups is 3. The Morgan fingerprint density at radius 2 is 1.73 bits per heavy atom. The van der Waals surface area contributed by atoms with Crippen molar-refractivity contribution in [2.24, 2.45) is 11.8 Å². The monoisotopic (exact) mass is 373 g/mol. The Morgan fingerprint density at radius 3 is 2.23 bits per heavy atom. The molecule has 0 saturated heterocycles. The number of guanidine groups is 1. The summed E-state index contributed by atoms with van der Waals surface area (Å²) in [6.07, 6.45) is 1.05. The first kappa shape index (κ1) is 23.7. The fourth-order valence-electron chi connectivity index (χ4n) is 1.91. The van der Waals surface area contributed by atoms with E-state index in [1.54, 1.807) is 20.8 Å². The summed E-state index contributed by atoms with van der Waals surface area (Å²) in [6.45, 7) is 7.28. The molecule has 9 nitrogen and oxygen atoms in total. The normalized spacial score (nSPS) is 12.8. The van der Waals surface area contributed by atoms with E-state index in [1.165, 1.54) is 11.9 Å². The molecule has 0 aromatic rings. The maximum atomic E-state index is 11.8. The Morgan fingerprint density at radius 1 is 1.15 bits per heavy atom. The van der Waals surface area contributed by atoms with Crippen molar-refractivity contribution in [2.75, 3.05) is 20.3 Å². The van der Waals surface area contributed by atoms with Crippen molar-refractivity contribution in [2.45, 2.75) is 53.0 Å². The summed E-state index contributed by atoms with van der Waals surface area (Å²) in [4.78, 5) is 35.6. The second-order valence-corrected chi connectivity index (χ2v) is 6.57. The number of amides is 1. The number of esters is 1. The summed E-state index contributed by atoms with van der Waals surface area (Å²) in [5.41, 5.74) is 0. The van der Waals surface area contributed by atoms with Gasteiger partial charge in [-0.25, -0.2) is 9.59 Å². The van der Waals surface area contributed by atoms with Crippen LogP contribution in [0.5, 0.6) is 0 Å². The summed E-state index contributed by atoms with van der Waals surface area (Å²) >= 11 is 0. The minimum absolute atomic E-state index is 0.00635. The Bertz CT molecular complexity index is 495. The molecule has 0 aliphatic heterocycles. The van der Waals surface area contributed by atoms with Crippen LogP contribution in [0.2, 0.25) is 0 Å². The molecule has 0 bridgehead atoms. The van der Waals surface area contributed by atoms with Gasteiger partial charge in [0.2, 0.25) is 5.96 Å². The quantitative estimate of drug-likeness (QED) is 0.304. The lowest BCUT2D eigenvalue weighted by atomic mass is 10.1. The first-order valence-corrected chi connectivity index (χ1v) is 8.74. The molecule has 0 spiro atoms. The van der Waals surface area contributed by atoms with Crippen LogP contribution < -0.4 is 5.32 Å². The zero-order valence-electron chi connectivity index (χ0n) is 16.2. The number of unbranched alkanes of at least 4 members (excludes halogenated alkanes) is 1. The molecule has 0 aromatic carbocycles. The molecule has 2 atom stereocenters. The van der Waals surface area contributed by atoms with Crippen LogP contribution in [0.25, 0.3) is 0 Å². The standard InChI is InChI=1S/C17H31N3O6/c1-6-7-8-13(14(21)22)20(5)16(18)19-17(24)26-10-12(4)9-25-15(23)11(2)3/h11-13H,6-10H2,1-5H3,(H,21,22)(H2,18,19,24). The second kappa shape index (κ2) is 12.1. The van der Waals surface area contributed by atoms with Crippen molar-refractivity contribution >= 4 is 24.0 Å². The van der Waals surface area contributed by atoms with E-state index in [0.29, 0.717) is 12.8 Å². The second-order valence-electron chi connectivity index (χ2n) is 6.57. The smallest absolute Gasteiger partial charge is 0.413 e. The fourth-order valence-corrected chi connectivity index (χ4v) is 1.91. The first-order valence-electron chi connectivity index (χ1n) is 8.74. The van der Waals surface area contributed by atoms with Crippen LogP contribution in [0.1, 0.15) is 47.0 Å². The highest BCUT2D eigenvalue weighted by Crippen LogP contribution is 2.08. The average Bonchev–Trinajstić information content (AvgIpc) is 2.57. The summed E-state index contributed by atoms with van der Waals surface area (Å²) in [5.74, 6) is -2.15. The lowest BCUT2D eigenvalue weighted by molar-refractivity contribution is -0.149. The highest BCUT2D eigenvalue weighted by molar-refractivity contribution is 5.94. The predicted molar refractivity (Wildman–Crippen MR) is 95.9 cm³/mol. The van der Waals surface area contributed by atoms with Crippen molar-refractivity contribution in [3.8, 4) is 0 Å². The summed E-state index contributed by atoms with van der Waals surface area (Å²) in [6, 6.07) is -0.892. The Kier molecular flexibility index (Phi) is 11.0. The van der Waals surface area contributed by atoms with Gasteiger partial charge in [0.05, 0.1) is 19.1 Å². The van der Waals surface area contributed by atoms with E-state index in [9.17, 15) is 19.5 Å². The van der Waals surface area contributed by atoms with Crippen LogP contribution in [-0.2, 0) is 19.1 Å². The van der Waals surface area contributed by atoms with Gasteiger partial charge in [0.25, 0.3) is 0 Å². The van der Waals surface area contributed by atoms with E-state index < -0.39 is 18.1 Å². The number of likely N-dealkylation sites (N-methyl/N-ethyl adjacent to an activating group) is 1. The lowest BCUT2D eigenvalue weighted by Crippen LogP contribution is -2.49. The number of carboxylic acids is 1. The number of aliphatic carboxylic acids is 1. The van der Waals surface area contributed by atoms with Crippen molar-refractivity contribution in [3.63, 3.8) is 0 Å². The third-order valence-corrected chi connectivity index (χ3v) is 3.64. The van der Waals surface area contributed by atoms with Crippen molar-refractivity contribution < 1.29 is 29.0 Å². The zero-order chi connectivity index (χ0) is 20.3.